The summed E-state index contributed by atoms with van der Waals surface area (Å²) in [5, 5.41) is 0. The maximum Gasteiger partial charge on any atom is 0.0442 e. The Hall–Kier alpha value is 0.217. The van der Waals surface area contributed by atoms with Crippen LogP contribution in [0.15, 0.2) is 0 Å². The summed E-state index contributed by atoms with van der Waals surface area (Å²) in [7, 11) is -0.770. The van der Waals surface area contributed by atoms with Crippen molar-refractivity contribution < 1.29 is 0 Å². The summed E-state index contributed by atoms with van der Waals surface area (Å²) < 4.78 is 0. The van der Waals surface area contributed by atoms with E-state index < -0.39 is 8.07 Å². The van der Waals surface area contributed by atoms with Crippen LogP contribution in [0.3, 0.4) is 0 Å². The fourth-order valence-electron chi connectivity index (χ4n) is 3.48. The van der Waals surface area contributed by atoms with E-state index in [1.165, 1.54) is 115 Å². The summed E-state index contributed by atoms with van der Waals surface area (Å²) in [6.07, 6.45) is 26.0. The largest absolute Gasteiger partial charge is 0.0695 e. The first-order valence-corrected chi connectivity index (χ1v) is 15.1. The molecule has 145 valence electrons. The Balaban J connectivity index is 3.00. The molecule has 0 aliphatic carbocycles. The van der Waals surface area contributed by atoms with Crippen molar-refractivity contribution in [1.29, 1.82) is 0 Å². The van der Waals surface area contributed by atoms with Crippen molar-refractivity contribution in [3.8, 4) is 0 Å². The Kier molecular flexibility index (Phi) is 18.2. The van der Waals surface area contributed by atoms with E-state index in [0.29, 0.717) is 0 Å². The highest BCUT2D eigenvalue weighted by Gasteiger charge is 2.11. The van der Waals surface area contributed by atoms with Gasteiger partial charge in [-0.05, 0) is 0 Å². The summed E-state index contributed by atoms with van der Waals surface area (Å²) >= 11 is 0. The lowest BCUT2D eigenvalue weighted by Crippen LogP contribution is -2.18. The zero-order valence-electron chi connectivity index (χ0n) is 17.6. The molecule has 0 N–H and O–H groups in total. The maximum absolute atomic E-state index is 3.91. The Morgan fingerprint density at radius 1 is 0.417 bits per heavy atom. The van der Waals surface area contributed by atoms with Crippen molar-refractivity contribution in [3.63, 3.8) is 0 Å². The van der Waals surface area contributed by atoms with Crippen LogP contribution in [-0.4, -0.2) is 8.07 Å². The maximum atomic E-state index is 3.91. The normalized spacial score (nSPS) is 12.0. The van der Waals surface area contributed by atoms with E-state index in [4.69, 9.17) is 0 Å². The van der Waals surface area contributed by atoms with Crippen molar-refractivity contribution in [2.24, 2.45) is 0 Å². The lowest BCUT2D eigenvalue weighted by atomic mass is 10.0. The van der Waals surface area contributed by atoms with Crippen LogP contribution in [0, 0.1) is 6.92 Å². The summed E-state index contributed by atoms with van der Waals surface area (Å²) in [5.41, 5.74) is 0. The third kappa shape index (κ3) is 22.2. The molecule has 0 heterocycles. The summed E-state index contributed by atoms with van der Waals surface area (Å²) in [6.45, 7) is 11.4. The van der Waals surface area contributed by atoms with Gasteiger partial charge in [0.1, 0.15) is 0 Å². The van der Waals surface area contributed by atoms with E-state index in [-0.39, 0.29) is 0 Å². The highest BCUT2D eigenvalue weighted by Crippen LogP contribution is 2.17. The number of hydrogen-bond acceptors (Lipinski definition) is 0. The first kappa shape index (κ1) is 24.2. The van der Waals surface area contributed by atoms with Crippen LogP contribution in [0.1, 0.15) is 116 Å². The van der Waals surface area contributed by atoms with E-state index in [2.05, 4.69) is 26.6 Å². The second kappa shape index (κ2) is 18.0. The molecule has 0 bridgehead atoms. The lowest BCUT2D eigenvalue weighted by molar-refractivity contribution is 0.527. The summed E-state index contributed by atoms with van der Waals surface area (Å²) in [6, 6.07) is 1.53. The fourth-order valence-corrected chi connectivity index (χ4v) is 4.79. The van der Waals surface area contributed by atoms with Crippen LogP contribution in [0.2, 0.25) is 25.7 Å². The number of rotatable bonds is 19. The van der Waals surface area contributed by atoms with Crippen molar-refractivity contribution in [3.05, 3.63) is 6.92 Å². The van der Waals surface area contributed by atoms with Gasteiger partial charge in [-0.2, -0.15) is 0 Å². The molecule has 0 aromatic rings. The topological polar surface area (TPSA) is 0 Å². The third-order valence-corrected chi connectivity index (χ3v) is 7.03. The van der Waals surface area contributed by atoms with Crippen molar-refractivity contribution >= 4 is 8.07 Å². The average molecular weight is 354 g/mol. The van der Waals surface area contributed by atoms with E-state index in [1.807, 2.05) is 0 Å². The number of unbranched alkanes of at least 4 members (excludes halogenated alkanes) is 17. The molecule has 0 nitrogen and oxygen atoms in total. The minimum atomic E-state index is -0.770. The predicted octanol–water partition coefficient (Wildman–Crippen LogP) is 9.18. The van der Waals surface area contributed by atoms with Gasteiger partial charge in [0.15, 0.2) is 0 Å². The molecule has 1 heteroatoms. The first-order valence-electron chi connectivity index (χ1n) is 11.4. The minimum absolute atomic E-state index is 0.770. The molecule has 0 atom stereocenters. The Morgan fingerprint density at radius 3 is 0.917 bits per heavy atom. The highest BCUT2D eigenvalue weighted by atomic mass is 28.3. The van der Waals surface area contributed by atoms with Crippen molar-refractivity contribution in [2.75, 3.05) is 0 Å². The zero-order chi connectivity index (χ0) is 17.9. The molecule has 0 spiro atoms. The minimum Gasteiger partial charge on any atom is -0.0695 e. The quantitative estimate of drug-likeness (QED) is 0.160. The van der Waals surface area contributed by atoms with Gasteiger partial charge in [0.05, 0.1) is 0 Å². The van der Waals surface area contributed by atoms with Crippen molar-refractivity contribution in [1.82, 2.24) is 0 Å². The lowest BCUT2D eigenvalue weighted by Gasteiger charge is -2.14. The molecular formula is C23H49Si. The molecule has 0 saturated carbocycles. The molecule has 1 radical (unpaired) electrons. The van der Waals surface area contributed by atoms with Gasteiger partial charge in [-0.3, -0.25) is 0 Å². The van der Waals surface area contributed by atoms with E-state index in [9.17, 15) is 0 Å². The van der Waals surface area contributed by atoms with Gasteiger partial charge in [-0.1, -0.05) is 148 Å². The van der Waals surface area contributed by atoms with Crippen molar-refractivity contribution in [2.45, 2.75) is 141 Å². The summed E-state index contributed by atoms with van der Waals surface area (Å²) in [5.74, 6) is 0. The molecule has 0 aliphatic heterocycles. The van der Waals surface area contributed by atoms with Gasteiger partial charge in [-0.15, -0.1) is 0 Å². The molecule has 0 unspecified atom stereocenters. The zero-order valence-corrected chi connectivity index (χ0v) is 18.6. The Bertz CT molecular complexity index is 229. The predicted molar refractivity (Wildman–Crippen MR) is 117 cm³/mol. The van der Waals surface area contributed by atoms with E-state index >= 15 is 0 Å². The molecular weight excluding hydrogens is 304 g/mol. The van der Waals surface area contributed by atoms with Crippen LogP contribution in [0.25, 0.3) is 0 Å². The smallest absolute Gasteiger partial charge is 0.0442 e. The van der Waals surface area contributed by atoms with Gasteiger partial charge in [-0.25, -0.2) is 0 Å². The molecule has 0 amide bonds. The SMILES string of the molecule is [CH2]CCCCCCCCCCCCCCCCCCC[Si](C)(C)C. The Morgan fingerprint density at radius 2 is 0.667 bits per heavy atom. The molecule has 0 saturated heterocycles. The van der Waals surface area contributed by atoms with E-state index in [0.717, 1.165) is 6.42 Å². The second-order valence-electron chi connectivity index (χ2n) is 9.17. The van der Waals surface area contributed by atoms with Crippen LogP contribution in [-0.2, 0) is 0 Å². The van der Waals surface area contributed by atoms with Gasteiger partial charge in [0.2, 0.25) is 0 Å². The molecule has 0 aromatic carbocycles. The highest BCUT2D eigenvalue weighted by molar-refractivity contribution is 6.76. The van der Waals surface area contributed by atoms with Gasteiger partial charge < -0.3 is 0 Å². The molecule has 0 fully saturated rings. The first-order chi connectivity index (χ1) is 11.6. The van der Waals surface area contributed by atoms with Crippen LogP contribution < -0.4 is 0 Å². The second-order valence-corrected chi connectivity index (χ2v) is 14.8. The monoisotopic (exact) mass is 353 g/mol. The van der Waals surface area contributed by atoms with Crippen LogP contribution in [0.4, 0.5) is 0 Å². The Labute approximate surface area is 156 Å². The standard InChI is InChI=1S/C23H49Si/c1-5-6-7-8-9-10-11-12-13-14-15-16-17-18-19-20-21-22-23-24(2,3)4/h1,5-23H2,2-4H3. The van der Waals surface area contributed by atoms with Gasteiger partial charge in [0.25, 0.3) is 0 Å². The molecule has 0 aromatic heterocycles. The third-order valence-electron chi connectivity index (χ3n) is 5.18. The van der Waals surface area contributed by atoms with Gasteiger partial charge in [0, 0.05) is 8.07 Å². The van der Waals surface area contributed by atoms with Crippen LogP contribution >= 0.6 is 0 Å². The molecule has 24 heavy (non-hydrogen) atoms. The van der Waals surface area contributed by atoms with Gasteiger partial charge >= 0.3 is 0 Å². The average Bonchev–Trinajstić information content (AvgIpc) is 2.52. The summed E-state index contributed by atoms with van der Waals surface area (Å²) in [4.78, 5) is 0. The molecule has 0 rings (SSSR count). The molecule has 0 aliphatic rings. The fraction of sp³-hybridized carbons (Fsp3) is 0.957. The van der Waals surface area contributed by atoms with Crippen LogP contribution in [0.5, 0.6) is 0 Å². The number of hydrogen-bond donors (Lipinski definition) is 0. The van der Waals surface area contributed by atoms with E-state index in [1.54, 1.807) is 0 Å².